The van der Waals surface area contributed by atoms with Gasteiger partial charge < -0.3 is 14.5 Å². The quantitative estimate of drug-likeness (QED) is 0.704. The van der Waals surface area contributed by atoms with Gasteiger partial charge in [0.05, 0.1) is 6.20 Å². The minimum absolute atomic E-state index is 0.0382. The van der Waals surface area contributed by atoms with Gasteiger partial charge in [-0.05, 0) is 54.9 Å². The third-order valence-electron chi connectivity index (χ3n) is 7.32. The predicted octanol–water partition coefficient (Wildman–Crippen LogP) is 3.64. The molecule has 0 atom stereocenters. The maximum absolute atomic E-state index is 12.7. The van der Waals surface area contributed by atoms with Crippen molar-refractivity contribution in [3.8, 4) is 0 Å². The number of benzene rings is 1. The number of carbonyl (C=O) groups is 1. The molecule has 2 aromatic rings. The Hall–Kier alpha value is -2.09. The Morgan fingerprint density at radius 3 is 2.62 bits per heavy atom. The Labute approximate surface area is 194 Å². The molecule has 0 bridgehead atoms. The molecule has 8 heteroatoms. The number of piperazine rings is 1. The van der Waals surface area contributed by atoms with Gasteiger partial charge in [-0.2, -0.15) is 9.78 Å². The molecule has 32 heavy (non-hydrogen) atoms. The molecule has 1 aromatic heterocycles. The Balaban J connectivity index is 1.23. The predicted molar refractivity (Wildman–Crippen MR) is 125 cm³/mol. The fourth-order valence-corrected chi connectivity index (χ4v) is 5.49. The van der Waals surface area contributed by atoms with Crippen LogP contribution in [0.4, 0.5) is 10.5 Å². The number of aryl methyl sites for hydroxylation is 1. The van der Waals surface area contributed by atoms with Gasteiger partial charge in [-0.25, -0.2) is 4.79 Å². The van der Waals surface area contributed by atoms with E-state index in [1.807, 2.05) is 17.9 Å². The van der Waals surface area contributed by atoms with E-state index >= 15 is 0 Å². The third-order valence-corrected chi connectivity index (χ3v) is 7.56. The summed E-state index contributed by atoms with van der Waals surface area (Å²) in [4.78, 5) is 19.5. The molecule has 0 unspecified atom stereocenters. The summed E-state index contributed by atoms with van der Waals surface area (Å²) in [5, 5.41) is 4.96. The van der Waals surface area contributed by atoms with Crippen LogP contribution in [0, 0.1) is 12.3 Å². The second-order valence-corrected chi connectivity index (χ2v) is 10.0. The first-order valence-corrected chi connectivity index (χ1v) is 12.0. The highest BCUT2D eigenvalue weighted by molar-refractivity contribution is 6.30. The standard InChI is InChI=1S/C24H32ClN5O2/c1-19-15-26-30(16-19)23(31)28-10-8-27(9-11-28)17-20-2-3-21(25)14-22(20)29-7-4-24(18-29)5-12-32-13-6-24/h2-3,14-16H,4-13,17-18H2,1H3. The van der Waals surface area contributed by atoms with E-state index < -0.39 is 0 Å². The number of carbonyl (C=O) groups excluding carboxylic acids is 1. The number of nitrogens with zero attached hydrogens (tertiary/aromatic N) is 5. The van der Waals surface area contributed by atoms with Crippen molar-refractivity contribution in [1.82, 2.24) is 19.6 Å². The molecule has 1 aromatic carbocycles. The summed E-state index contributed by atoms with van der Waals surface area (Å²) in [6.45, 7) is 9.92. The van der Waals surface area contributed by atoms with Gasteiger partial charge in [-0.1, -0.05) is 17.7 Å². The highest BCUT2D eigenvalue weighted by atomic mass is 35.5. The molecule has 172 valence electrons. The molecule has 0 saturated carbocycles. The van der Waals surface area contributed by atoms with Gasteiger partial charge in [0.15, 0.2) is 0 Å². The molecule has 0 radical (unpaired) electrons. The summed E-state index contributed by atoms with van der Waals surface area (Å²) < 4.78 is 7.06. The van der Waals surface area contributed by atoms with Crippen LogP contribution in [-0.2, 0) is 11.3 Å². The average Bonchev–Trinajstić information content (AvgIpc) is 3.42. The third kappa shape index (κ3) is 4.51. The van der Waals surface area contributed by atoms with Crippen LogP contribution in [-0.4, -0.2) is 78.1 Å². The van der Waals surface area contributed by atoms with Gasteiger partial charge in [0.2, 0.25) is 0 Å². The molecular weight excluding hydrogens is 426 g/mol. The number of ether oxygens (including phenoxy) is 1. The van der Waals surface area contributed by atoms with E-state index in [0.717, 1.165) is 69.4 Å². The smallest absolute Gasteiger partial charge is 0.344 e. The first kappa shape index (κ1) is 21.7. The molecule has 0 aliphatic carbocycles. The van der Waals surface area contributed by atoms with Crippen LogP contribution >= 0.6 is 11.6 Å². The van der Waals surface area contributed by atoms with E-state index in [4.69, 9.17) is 16.3 Å². The van der Waals surface area contributed by atoms with E-state index in [1.54, 1.807) is 12.4 Å². The normalized spacial score (nSPS) is 21.4. The van der Waals surface area contributed by atoms with Gasteiger partial charge in [-0.3, -0.25) is 4.90 Å². The molecule has 0 N–H and O–H groups in total. The highest BCUT2D eigenvalue weighted by Gasteiger charge is 2.40. The van der Waals surface area contributed by atoms with Gasteiger partial charge in [0.25, 0.3) is 0 Å². The Kier molecular flexibility index (Phi) is 6.14. The fourth-order valence-electron chi connectivity index (χ4n) is 5.32. The van der Waals surface area contributed by atoms with Gasteiger partial charge in [0.1, 0.15) is 0 Å². The summed E-state index contributed by atoms with van der Waals surface area (Å²) in [5.74, 6) is 0. The van der Waals surface area contributed by atoms with Crippen molar-refractivity contribution >= 4 is 23.3 Å². The van der Waals surface area contributed by atoms with Crippen molar-refractivity contribution in [2.24, 2.45) is 5.41 Å². The zero-order chi connectivity index (χ0) is 22.1. The van der Waals surface area contributed by atoms with Crippen LogP contribution < -0.4 is 4.90 Å². The van der Waals surface area contributed by atoms with Crippen molar-refractivity contribution in [1.29, 1.82) is 0 Å². The molecule has 1 spiro atoms. The van der Waals surface area contributed by atoms with Crippen molar-refractivity contribution in [3.05, 3.63) is 46.7 Å². The largest absolute Gasteiger partial charge is 0.381 e. The lowest BCUT2D eigenvalue weighted by atomic mass is 9.80. The van der Waals surface area contributed by atoms with E-state index in [0.29, 0.717) is 18.5 Å². The maximum Gasteiger partial charge on any atom is 0.344 e. The van der Waals surface area contributed by atoms with Crippen LogP contribution in [0.2, 0.25) is 5.02 Å². The molecule has 7 nitrogen and oxygen atoms in total. The van der Waals surface area contributed by atoms with Crippen molar-refractivity contribution in [2.45, 2.75) is 32.7 Å². The Bertz CT molecular complexity index is 963. The minimum atomic E-state index is -0.0382. The lowest BCUT2D eigenvalue weighted by Crippen LogP contribution is -2.49. The Morgan fingerprint density at radius 2 is 1.91 bits per heavy atom. The molecule has 5 rings (SSSR count). The van der Waals surface area contributed by atoms with Crippen LogP contribution in [0.1, 0.15) is 30.4 Å². The summed E-state index contributed by atoms with van der Waals surface area (Å²) >= 11 is 6.42. The number of amides is 1. The first-order valence-electron chi connectivity index (χ1n) is 11.7. The van der Waals surface area contributed by atoms with E-state index in [2.05, 4.69) is 27.0 Å². The second-order valence-electron chi connectivity index (χ2n) is 9.56. The van der Waals surface area contributed by atoms with Gasteiger partial charge >= 0.3 is 6.03 Å². The second kappa shape index (κ2) is 9.04. The topological polar surface area (TPSA) is 53.8 Å². The van der Waals surface area contributed by atoms with Gasteiger partial charge in [-0.15, -0.1) is 0 Å². The molecule has 1 amide bonds. The summed E-state index contributed by atoms with van der Waals surface area (Å²) in [5.41, 5.74) is 3.98. The number of anilines is 1. The molecule has 3 fully saturated rings. The number of aromatic nitrogens is 2. The Morgan fingerprint density at radius 1 is 1.12 bits per heavy atom. The molecule has 3 aliphatic heterocycles. The number of hydrogen-bond acceptors (Lipinski definition) is 5. The van der Waals surface area contributed by atoms with Gasteiger partial charge in [0, 0.05) is 75.9 Å². The molecule has 3 aliphatic rings. The number of halogens is 1. The fraction of sp³-hybridized carbons (Fsp3) is 0.583. The maximum atomic E-state index is 12.7. The number of hydrogen-bond donors (Lipinski definition) is 0. The SMILES string of the molecule is Cc1cnn(C(=O)N2CCN(Cc3ccc(Cl)cc3N3CCC4(CCOCC4)C3)CC2)c1. The average molecular weight is 458 g/mol. The van der Waals surface area contributed by atoms with Crippen molar-refractivity contribution < 1.29 is 9.53 Å². The van der Waals surface area contributed by atoms with E-state index in [1.165, 1.54) is 22.4 Å². The summed E-state index contributed by atoms with van der Waals surface area (Å²) in [7, 11) is 0. The van der Waals surface area contributed by atoms with E-state index in [9.17, 15) is 4.79 Å². The van der Waals surface area contributed by atoms with Crippen LogP contribution in [0.3, 0.4) is 0 Å². The van der Waals surface area contributed by atoms with Crippen molar-refractivity contribution in [2.75, 3.05) is 57.4 Å². The van der Waals surface area contributed by atoms with Crippen molar-refractivity contribution in [3.63, 3.8) is 0 Å². The van der Waals surface area contributed by atoms with E-state index in [-0.39, 0.29) is 6.03 Å². The monoisotopic (exact) mass is 457 g/mol. The summed E-state index contributed by atoms with van der Waals surface area (Å²) in [6, 6.07) is 6.27. The highest BCUT2D eigenvalue weighted by Crippen LogP contribution is 2.42. The minimum Gasteiger partial charge on any atom is -0.381 e. The number of rotatable bonds is 3. The molecule has 4 heterocycles. The molecular formula is C24H32ClN5O2. The zero-order valence-corrected chi connectivity index (χ0v) is 19.6. The first-order chi connectivity index (χ1) is 15.5. The molecule has 3 saturated heterocycles. The van der Waals surface area contributed by atoms with Crippen LogP contribution in [0.15, 0.2) is 30.6 Å². The lowest BCUT2D eigenvalue weighted by molar-refractivity contribution is 0.0254. The zero-order valence-electron chi connectivity index (χ0n) is 18.8. The van der Waals surface area contributed by atoms with Crippen LogP contribution in [0.25, 0.3) is 0 Å². The van der Waals surface area contributed by atoms with Crippen LogP contribution in [0.5, 0.6) is 0 Å². The lowest BCUT2D eigenvalue weighted by Gasteiger charge is -2.36. The summed E-state index contributed by atoms with van der Waals surface area (Å²) in [6.07, 6.45) is 7.06.